The number of nitro groups is 1. The molecule has 1 aromatic rings. The van der Waals surface area contributed by atoms with Gasteiger partial charge in [0.1, 0.15) is 0 Å². The smallest absolute Gasteiger partial charge is 0.273 e. The second-order valence-electron chi connectivity index (χ2n) is 4.99. The minimum absolute atomic E-state index is 0.000101. The Labute approximate surface area is 117 Å². The second kappa shape index (κ2) is 7.00. The van der Waals surface area contributed by atoms with Crippen molar-refractivity contribution in [2.24, 2.45) is 0 Å². The third-order valence-corrected chi connectivity index (χ3v) is 3.52. The van der Waals surface area contributed by atoms with Crippen LogP contribution < -0.4 is 10.6 Å². The van der Waals surface area contributed by atoms with Crippen LogP contribution in [0, 0.1) is 10.1 Å². The first-order chi connectivity index (χ1) is 9.66. The summed E-state index contributed by atoms with van der Waals surface area (Å²) in [5.41, 5.74) is 0.453. The van der Waals surface area contributed by atoms with E-state index in [2.05, 4.69) is 10.6 Å². The van der Waals surface area contributed by atoms with Crippen LogP contribution in [0.25, 0.3) is 0 Å². The number of rotatable bonds is 6. The Bertz CT molecular complexity index is 484. The van der Waals surface area contributed by atoms with Gasteiger partial charge in [-0.1, -0.05) is 18.2 Å². The van der Waals surface area contributed by atoms with E-state index < -0.39 is 4.92 Å². The molecule has 1 amide bonds. The van der Waals surface area contributed by atoms with Crippen molar-refractivity contribution in [3.8, 4) is 0 Å². The van der Waals surface area contributed by atoms with Gasteiger partial charge in [0.25, 0.3) is 5.69 Å². The standard InChI is InChI=1S/C14H19N3O3/c18-14(16-9-7-12-5-3-8-15-12)10-11-4-1-2-6-13(11)17(19)20/h1-2,4,6,12,15H,3,5,7-10H2,(H,16,18)/t12-/m0/s1. The van der Waals surface area contributed by atoms with Gasteiger partial charge in [-0.3, -0.25) is 14.9 Å². The minimum atomic E-state index is -0.453. The highest BCUT2D eigenvalue weighted by Crippen LogP contribution is 2.17. The SMILES string of the molecule is O=C(Cc1ccccc1[N+](=O)[O-])NCC[C@@H]1CCCN1. The zero-order valence-electron chi connectivity index (χ0n) is 11.3. The topological polar surface area (TPSA) is 84.3 Å². The number of hydrogen-bond acceptors (Lipinski definition) is 4. The highest BCUT2D eigenvalue weighted by atomic mass is 16.6. The molecule has 1 aromatic carbocycles. The molecule has 0 radical (unpaired) electrons. The zero-order valence-corrected chi connectivity index (χ0v) is 11.3. The lowest BCUT2D eigenvalue weighted by atomic mass is 10.1. The first-order valence-electron chi connectivity index (χ1n) is 6.89. The molecule has 2 N–H and O–H groups in total. The Kier molecular flexibility index (Phi) is 5.06. The van der Waals surface area contributed by atoms with Crippen molar-refractivity contribution in [3.05, 3.63) is 39.9 Å². The molecule has 0 aliphatic carbocycles. The van der Waals surface area contributed by atoms with Gasteiger partial charge in [-0.05, 0) is 25.8 Å². The summed E-state index contributed by atoms with van der Waals surface area (Å²) in [6.45, 7) is 1.66. The second-order valence-corrected chi connectivity index (χ2v) is 4.99. The van der Waals surface area contributed by atoms with E-state index in [4.69, 9.17) is 0 Å². The largest absolute Gasteiger partial charge is 0.356 e. The molecule has 108 valence electrons. The summed E-state index contributed by atoms with van der Waals surface area (Å²) in [5, 5.41) is 17.0. The molecule has 1 aliphatic rings. The van der Waals surface area contributed by atoms with Crippen molar-refractivity contribution < 1.29 is 9.72 Å². The van der Waals surface area contributed by atoms with E-state index in [9.17, 15) is 14.9 Å². The van der Waals surface area contributed by atoms with Gasteiger partial charge in [0, 0.05) is 24.2 Å². The average Bonchev–Trinajstić information content (AvgIpc) is 2.92. The molecule has 1 atom stereocenters. The first kappa shape index (κ1) is 14.5. The van der Waals surface area contributed by atoms with Crippen LogP contribution in [0.2, 0.25) is 0 Å². The summed E-state index contributed by atoms with van der Waals surface area (Å²) in [6.07, 6.45) is 3.30. The van der Waals surface area contributed by atoms with E-state index >= 15 is 0 Å². The third kappa shape index (κ3) is 4.03. The van der Waals surface area contributed by atoms with E-state index in [-0.39, 0.29) is 18.0 Å². The van der Waals surface area contributed by atoms with Gasteiger partial charge in [0.15, 0.2) is 0 Å². The van der Waals surface area contributed by atoms with E-state index in [0.717, 1.165) is 19.4 Å². The highest BCUT2D eigenvalue weighted by Gasteiger charge is 2.16. The molecule has 0 aromatic heterocycles. The number of nitrogens with one attached hydrogen (secondary N) is 2. The highest BCUT2D eigenvalue weighted by molar-refractivity contribution is 5.79. The van der Waals surface area contributed by atoms with E-state index in [1.165, 1.54) is 12.5 Å². The molecular formula is C14H19N3O3. The van der Waals surface area contributed by atoms with Crippen LogP contribution in [0.3, 0.4) is 0 Å². The molecule has 0 saturated carbocycles. The zero-order chi connectivity index (χ0) is 14.4. The molecule has 1 saturated heterocycles. The molecule has 0 spiro atoms. The molecule has 1 fully saturated rings. The van der Waals surface area contributed by atoms with Gasteiger partial charge in [-0.2, -0.15) is 0 Å². The Hall–Kier alpha value is -1.95. The number of amides is 1. The normalized spacial score (nSPS) is 17.9. The van der Waals surface area contributed by atoms with Gasteiger partial charge in [-0.25, -0.2) is 0 Å². The Balaban J connectivity index is 1.80. The summed E-state index contributed by atoms with van der Waals surface area (Å²) in [5.74, 6) is -0.169. The minimum Gasteiger partial charge on any atom is -0.356 e. The first-order valence-corrected chi connectivity index (χ1v) is 6.89. The Morgan fingerprint density at radius 1 is 1.45 bits per heavy atom. The van der Waals surface area contributed by atoms with Crippen molar-refractivity contribution in [2.45, 2.75) is 31.7 Å². The summed E-state index contributed by atoms with van der Waals surface area (Å²) < 4.78 is 0. The molecule has 20 heavy (non-hydrogen) atoms. The molecular weight excluding hydrogens is 258 g/mol. The maximum Gasteiger partial charge on any atom is 0.273 e. The third-order valence-electron chi connectivity index (χ3n) is 3.52. The average molecular weight is 277 g/mol. The molecule has 1 aliphatic heterocycles. The van der Waals surface area contributed by atoms with Gasteiger partial charge in [-0.15, -0.1) is 0 Å². The fourth-order valence-corrected chi connectivity index (χ4v) is 2.46. The number of para-hydroxylation sites is 1. The molecule has 0 bridgehead atoms. The predicted molar refractivity (Wildman–Crippen MR) is 75.5 cm³/mol. The monoisotopic (exact) mass is 277 g/mol. The number of carbonyl (C=O) groups excluding carboxylic acids is 1. The van der Waals surface area contributed by atoms with E-state index in [1.807, 2.05) is 0 Å². The fraction of sp³-hybridized carbons (Fsp3) is 0.500. The predicted octanol–water partition coefficient (Wildman–Crippen LogP) is 1.40. The van der Waals surface area contributed by atoms with Crippen LogP contribution in [0.5, 0.6) is 0 Å². The summed E-state index contributed by atoms with van der Waals surface area (Å²) in [7, 11) is 0. The maximum absolute atomic E-state index is 11.8. The van der Waals surface area contributed by atoms with Crippen LogP contribution in [-0.2, 0) is 11.2 Å². The van der Waals surface area contributed by atoms with Crippen LogP contribution in [0.15, 0.2) is 24.3 Å². The summed E-state index contributed by atoms with van der Waals surface area (Å²) in [6, 6.07) is 6.84. The lowest BCUT2D eigenvalue weighted by molar-refractivity contribution is -0.385. The Morgan fingerprint density at radius 2 is 2.25 bits per heavy atom. The van der Waals surface area contributed by atoms with Crippen LogP contribution >= 0.6 is 0 Å². The summed E-state index contributed by atoms with van der Waals surface area (Å²) >= 11 is 0. The lowest BCUT2D eigenvalue weighted by Gasteiger charge is -2.10. The van der Waals surface area contributed by atoms with Crippen molar-refractivity contribution in [1.29, 1.82) is 0 Å². The van der Waals surface area contributed by atoms with Crippen molar-refractivity contribution in [3.63, 3.8) is 0 Å². The van der Waals surface area contributed by atoms with E-state index in [0.29, 0.717) is 18.2 Å². The van der Waals surface area contributed by atoms with Crippen LogP contribution in [0.1, 0.15) is 24.8 Å². The van der Waals surface area contributed by atoms with Crippen LogP contribution in [0.4, 0.5) is 5.69 Å². The van der Waals surface area contributed by atoms with Crippen molar-refractivity contribution in [1.82, 2.24) is 10.6 Å². The van der Waals surface area contributed by atoms with Crippen LogP contribution in [-0.4, -0.2) is 30.0 Å². The molecule has 2 rings (SSSR count). The number of carbonyl (C=O) groups is 1. The molecule has 6 nitrogen and oxygen atoms in total. The Morgan fingerprint density at radius 3 is 2.95 bits per heavy atom. The van der Waals surface area contributed by atoms with Gasteiger partial charge >= 0.3 is 0 Å². The molecule has 6 heteroatoms. The fourth-order valence-electron chi connectivity index (χ4n) is 2.46. The number of nitrogens with zero attached hydrogens (tertiary/aromatic N) is 1. The van der Waals surface area contributed by atoms with Gasteiger partial charge in [0.05, 0.1) is 11.3 Å². The van der Waals surface area contributed by atoms with Crippen molar-refractivity contribution in [2.75, 3.05) is 13.1 Å². The lowest BCUT2D eigenvalue weighted by Crippen LogP contribution is -2.31. The maximum atomic E-state index is 11.8. The number of nitro benzene ring substituents is 1. The molecule has 0 unspecified atom stereocenters. The number of benzene rings is 1. The quantitative estimate of drug-likeness (QED) is 0.608. The van der Waals surface area contributed by atoms with Gasteiger partial charge < -0.3 is 10.6 Å². The van der Waals surface area contributed by atoms with Gasteiger partial charge in [0.2, 0.25) is 5.91 Å². The number of hydrogen-bond donors (Lipinski definition) is 2. The molecule has 1 heterocycles. The van der Waals surface area contributed by atoms with E-state index in [1.54, 1.807) is 18.2 Å². The van der Waals surface area contributed by atoms with Crippen molar-refractivity contribution >= 4 is 11.6 Å². The summed E-state index contributed by atoms with van der Waals surface area (Å²) in [4.78, 5) is 22.2.